The minimum Gasteiger partial charge on any atom is -0.271 e. The van der Waals surface area contributed by atoms with Gasteiger partial charge in [0, 0.05) is 5.54 Å². The predicted molar refractivity (Wildman–Crippen MR) is 48.5 cm³/mol. The molecule has 2 atom stereocenters. The SMILES string of the molecule is CCC1(CC)CCC2(CC)ON12. The maximum atomic E-state index is 5.72. The van der Waals surface area contributed by atoms with Gasteiger partial charge in [-0.15, -0.1) is 5.06 Å². The van der Waals surface area contributed by atoms with E-state index in [0.717, 1.165) is 6.42 Å². The van der Waals surface area contributed by atoms with E-state index in [1.807, 2.05) is 0 Å². The second kappa shape index (κ2) is 2.46. The second-order valence-electron chi connectivity index (χ2n) is 4.12. The molecule has 0 aromatic rings. The Morgan fingerprint density at radius 3 is 2.00 bits per heavy atom. The van der Waals surface area contributed by atoms with Gasteiger partial charge in [-0.25, -0.2) is 0 Å². The molecule has 0 aliphatic carbocycles. The first-order valence-electron chi connectivity index (χ1n) is 5.22. The fraction of sp³-hybridized carbons (Fsp3) is 1.00. The summed E-state index contributed by atoms with van der Waals surface area (Å²) in [6.07, 6.45) is 6.17. The Bertz CT molecular complexity index is 188. The molecule has 2 heterocycles. The van der Waals surface area contributed by atoms with Gasteiger partial charge < -0.3 is 0 Å². The minimum atomic E-state index is 0.173. The van der Waals surface area contributed by atoms with Crippen LogP contribution in [0, 0.1) is 0 Å². The van der Waals surface area contributed by atoms with Crippen LogP contribution in [-0.2, 0) is 4.84 Å². The van der Waals surface area contributed by atoms with E-state index >= 15 is 0 Å². The maximum Gasteiger partial charge on any atom is 0.165 e. The third-order valence-corrected chi connectivity index (χ3v) is 3.88. The van der Waals surface area contributed by atoms with Crippen molar-refractivity contribution in [3.8, 4) is 0 Å². The van der Waals surface area contributed by atoms with Crippen LogP contribution in [0.4, 0.5) is 0 Å². The standard InChI is InChI=1S/C10H19NO/c1-4-9(5-2)7-8-10(6-3)11(9)12-10/h4-8H2,1-3H3. The summed E-state index contributed by atoms with van der Waals surface area (Å²) in [6.45, 7) is 6.77. The molecular weight excluding hydrogens is 150 g/mol. The van der Waals surface area contributed by atoms with Crippen LogP contribution in [0.25, 0.3) is 0 Å². The van der Waals surface area contributed by atoms with Gasteiger partial charge in [-0.2, -0.15) is 0 Å². The van der Waals surface area contributed by atoms with Crippen LogP contribution in [0.1, 0.15) is 52.9 Å². The van der Waals surface area contributed by atoms with E-state index in [9.17, 15) is 0 Å². The number of rotatable bonds is 3. The van der Waals surface area contributed by atoms with Gasteiger partial charge in [-0.1, -0.05) is 20.8 Å². The van der Waals surface area contributed by atoms with Crippen molar-refractivity contribution in [2.75, 3.05) is 0 Å². The molecular formula is C10H19NO. The molecule has 2 rings (SSSR count). The minimum absolute atomic E-state index is 0.173. The summed E-state index contributed by atoms with van der Waals surface area (Å²) in [5.41, 5.74) is 0.558. The van der Waals surface area contributed by atoms with E-state index < -0.39 is 0 Å². The lowest BCUT2D eigenvalue weighted by atomic mass is 9.91. The molecule has 2 aliphatic heterocycles. The van der Waals surface area contributed by atoms with Crippen molar-refractivity contribution in [1.29, 1.82) is 0 Å². The fourth-order valence-corrected chi connectivity index (χ4v) is 2.63. The lowest BCUT2D eigenvalue weighted by Gasteiger charge is -2.26. The average Bonchev–Trinajstić information content (AvgIpc) is 2.79. The number of hydroxylamine groups is 2. The second-order valence-corrected chi connectivity index (χ2v) is 4.12. The summed E-state index contributed by atoms with van der Waals surface area (Å²) in [6, 6.07) is 0. The zero-order valence-electron chi connectivity index (χ0n) is 8.39. The average molecular weight is 169 g/mol. The van der Waals surface area contributed by atoms with Gasteiger partial charge in [0.05, 0.1) is 0 Å². The lowest BCUT2D eigenvalue weighted by molar-refractivity contribution is 0.0441. The van der Waals surface area contributed by atoms with Crippen molar-refractivity contribution in [2.45, 2.75) is 64.1 Å². The molecule has 0 bridgehead atoms. The van der Waals surface area contributed by atoms with Crippen LogP contribution in [0.2, 0.25) is 0 Å². The van der Waals surface area contributed by atoms with E-state index in [2.05, 4.69) is 25.8 Å². The Morgan fingerprint density at radius 2 is 1.75 bits per heavy atom. The molecule has 12 heavy (non-hydrogen) atoms. The Kier molecular flexibility index (Phi) is 1.74. The zero-order valence-corrected chi connectivity index (χ0v) is 8.39. The number of hydrogen-bond donors (Lipinski definition) is 0. The molecule has 0 aromatic heterocycles. The van der Waals surface area contributed by atoms with Crippen molar-refractivity contribution in [3.63, 3.8) is 0 Å². The highest BCUT2D eigenvalue weighted by molar-refractivity contribution is 5.06. The van der Waals surface area contributed by atoms with Crippen LogP contribution < -0.4 is 0 Å². The molecule has 2 saturated heterocycles. The molecule has 0 saturated carbocycles. The zero-order chi connectivity index (χ0) is 8.82. The topological polar surface area (TPSA) is 15.5 Å². The molecule has 0 N–H and O–H groups in total. The smallest absolute Gasteiger partial charge is 0.165 e. The van der Waals surface area contributed by atoms with Crippen LogP contribution in [0.3, 0.4) is 0 Å². The van der Waals surface area contributed by atoms with Gasteiger partial charge in [0.2, 0.25) is 0 Å². The number of hydrogen-bond acceptors (Lipinski definition) is 2. The highest BCUT2D eigenvalue weighted by Gasteiger charge is 2.66. The normalized spacial score (nSPS) is 42.8. The Morgan fingerprint density at radius 1 is 1.08 bits per heavy atom. The Balaban J connectivity index is 2.13. The summed E-state index contributed by atoms with van der Waals surface area (Å²) in [5.74, 6) is 0. The summed E-state index contributed by atoms with van der Waals surface area (Å²) >= 11 is 0. The van der Waals surface area contributed by atoms with E-state index in [4.69, 9.17) is 4.84 Å². The molecule has 0 amide bonds. The Labute approximate surface area is 74.8 Å². The van der Waals surface area contributed by atoms with E-state index in [1.165, 1.54) is 25.7 Å². The van der Waals surface area contributed by atoms with Gasteiger partial charge in [0.25, 0.3) is 0 Å². The van der Waals surface area contributed by atoms with Gasteiger partial charge in [0.1, 0.15) is 0 Å². The monoisotopic (exact) mass is 169 g/mol. The van der Waals surface area contributed by atoms with Gasteiger partial charge in [-0.3, -0.25) is 4.84 Å². The number of nitrogens with zero attached hydrogens (tertiary/aromatic N) is 1. The first-order chi connectivity index (χ1) is 5.73. The first-order valence-corrected chi connectivity index (χ1v) is 5.22. The summed E-state index contributed by atoms with van der Waals surface area (Å²) < 4.78 is 0. The molecule has 2 fully saturated rings. The van der Waals surface area contributed by atoms with E-state index in [1.54, 1.807) is 0 Å². The van der Waals surface area contributed by atoms with Crippen molar-refractivity contribution in [2.24, 2.45) is 0 Å². The van der Waals surface area contributed by atoms with Crippen LogP contribution in [0.15, 0.2) is 0 Å². The number of fused-ring (bicyclic) bond motifs is 1. The van der Waals surface area contributed by atoms with Crippen molar-refractivity contribution >= 4 is 0 Å². The molecule has 2 heteroatoms. The van der Waals surface area contributed by atoms with Gasteiger partial charge in [0.15, 0.2) is 5.72 Å². The van der Waals surface area contributed by atoms with Crippen molar-refractivity contribution in [3.05, 3.63) is 0 Å². The van der Waals surface area contributed by atoms with Crippen LogP contribution >= 0.6 is 0 Å². The molecule has 0 spiro atoms. The molecule has 2 aliphatic rings. The molecule has 2 nitrogen and oxygen atoms in total. The predicted octanol–water partition coefficient (Wildman–Crippen LogP) is 2.69. The van der Waals surface area contributed by atoms with Gasteiger partial charge in [-0.05, 0) is 32.1 Å². The molecule has 0 aromatic carbocycles. The summed E-state index contributed by atoms with van der Waals surface area (Å²) in [5, 5.41) is 2.28. The maximum absolute atomic E-state index is 5.72. The third-order valence-electron chi connectivity index (χ3n) is 3.88. The van der Waals surface area contributed by atoms with E-state index in [0.29, 0.717) is 5.54 Å². The quantitative estimate of drug-likeness (QED) is 0.604. The fourth-order valence-electron chi connectivity index (χ4n) is 2.63. The summed E-state index contributed by atoms with van der Waals surface area (Å²) in [7, 11) is 0. The van der Waals surface area contributed by atoms with Crippen molar-refractivity contribution in [1.82, 2.24) is 5.06 Å². The first kappa shape index (κ1) is 8.52. The molecule has 0 radical (unpaired) electrons. The van der Waals surface area contributed by atoms with Crippen LogP contribution in [0.5, 0.6) is 0 Å². The lowest BCUT2D eigenvalue weighted by Crippen LogP contribution is -2.33. The largest absolute Gasteiger partial charge is 0.271 e. The summed E-state index contributed by atoms with van der Waals surface area (Å²) in [4.78, 5) is 5.72. The third kappa shape index (κ3) is 0.826. The molecule has 2 unspecified atom stereocenters. The van der Waals surface area contributed by atoms with Crippen molar-refractivity contribution < 1.29 is 4.84 Å². The van der Waals surface area contributed by atoms with Crippen LogP contribution in [-0.4, -0.2) is 16.3 Å². The van der Waals surface area contributed by atoms with Gasteiger partial charge >= 0.3 is 0 Å². The Hall–Kier alpha value is -0.0800. The highest BCUT2D eigenvalue weighted by atomic mass is 16.9. The highest BCUT2D eigenvalue weighted by Crippen LogP contribution is 2.58. The molecule has 70 valence electrons. The van der Waals surface area contributed by atoms with E-state index in [-0.39, 0.29) is 5.72 Å².